The highest BCUT2D eigenvalue weighted by atomic mass is 79.9. The first-order chi connectivity index (χ1) is 16.1. The maximum atomic E-state index is 12.4. The van der Waals surface area contributed by atoms with Crippen molar-refractivity contribution in [3.8, 4) is 0 Å². The molecule has 0 aliphatic carbocycles. The molecule has 2 fully saturated rings. The zero-order chi connectivity index (χ0) is 24.5. The first-order valence-electron chi connectivity index (χ1n) is 12.2. The molecule has 2 saturated heterocycles. The summed E-state index contributed by atoms with van der Waals surface area (Å²) in [5, 5.41) is 11.4. The first-order valence-corrected chi connectivity index (χ1v) is 13.0. The number of rotatable bonds is 10. The summed E-state index contributed by atoms with van der Waals surface area (Å²) in [5.41, 5.74) is 1.63. The highest BCUT2D eigenvalue weighted by Crippen LogP contribution is 2.30. The maximum absolute atomic E-state index is 12.4. The number of halogens is 1. The molecule has 2 aromatic heterocycles. The summed E-state index contributed by atoms with van der Waals surface area (Å²) in [6.45, 7) is 16.1. The molecular weight excluding hydrogens is 496 g/mol. The standard InChI is InChI=1S/C24H37BrN8O/c1-16(2)12-31-13-18(14-31)33-15-20(17(3)30-33)28-23-27-11-19(25)21(29-23)26-8-6-9-32-10-7-24(4,5)22(32)34/h11,15-16,18H,6-10,12-14H2,1-5H3,(H2,26,27,28,29). The Kier molecular flexibility index (Phi) is 7.47. The van der Waals surface area contributed by atoms with Gasteiger partial charge in [-0.3, -0.25) is 14.4 Å². The molecule has 0 atom stereocenters. The van der Waals surface area contributed by atoms with E-state index in [0.717, 1.165) is 73.8 Å². The highest BCUT2D eigenvalue weighted by Gasteiger charge is 2.38. The van der Waals surface area contributed by atoms with Crippen molar-refractivity contribution in [2.45, 2.75) is 53.5 Å². The molecule has 186 valence electrons. The van der Waals surface area contributed by atoms with E-state index in [-0.39, 0.29) is 11.3 Å². The second kappa shape index (κ2) is 10.2. The van der Waals surface area contributed by atoms with Gasteiger partial charge >= 0.3 is 0 Å². The summed E-state index contributed by atoms with van der Waals surface area (Å²) in [7, 11) is 0. The fourth-order valence-electron chi connectivity index (χ4n) is 4.58. The minimum Gasteiger partial charge on any atom is -0.369 e. The van der Waals surface area contributed by atoms with Gasteiger partial charge in [0.05, 0.1) is 21.9 Å². The van der Waals surface area contributed by atoms with E-state index in [9.17, 15) is 4.79 Å². The van der Waals surface area contributed by atoms with Crippen LogP contribution < -0.4 is 10.6 Å². The van der Waals surface area contributed by atoms with Crippen molar-refractivity contribution in [3.05, 3.63) is 22.6 Å². The second-order valence-corrected chi connectivity index (χ2v) is 11.5. The fourth-order valence-corrected chi connectivity index (χ4v) is 4.91. The summed E-state index contributed by atoms with van der Waals surface area (Å²) in [6.07, 6.45) is 5.60. The van der Waals surface area contributed by atoms with Crippen molar-refractivity contribution >= 4 is 39.3 Å². The molecule has 0 bridgehead atoms. The average Bonchev–Trinajstić information content (AvgIpc) is 3.22. The van der Waals surface area contributed by atoms with E-state index in [1.54, 1.807) is 6.20 Å². The van der Waals surface area contributed by atoms with Gasteiger partial charge in [-0.15, -0.1) is 0 Å². The van der Waals surface area contributed by atoms with Crippen molar-refractivity contribution in [1.29, 1.82) is 0 Å². The largest absolute Gasteiger partial charge is 0.369 e. The summed E-state index contributed by atoms with van der Waals surface area (Å²) >= 11 is 3.53. The average molecular weight is 534 g/mol. The van der Waals surface area contributed by atoms with E-state index in [2.05, 4.69) is 66.2 Å². The first kappa shape index (κ1) is 24.9. The van der Waals surface area contributed by atoms with Crippen LogP contribution in [0.25, 0.3) is 0 Å². The number of carbonyl (C=O) groups is 1. The molecule has 0 spiro atoms. The van der Waals surface area contributed by atoms with Gasteiger partial charge in [0.25, 0.3) is 0 Å². The van der Waals surface area contributed by atoms with Crippen LogP contribution in [0, 0.1) is 18.3 Å². The van der Waals surface area contributed by atoms with Gasteiger partial charge in [-0.2, -0.15) is 10.1 Å². The molecule has 10 heteroatoms. The third-order valence-electron chi connectivity index (χ3n) is 6.61. The lowest BCUT2D eigenvalue weighted by atomic mass is 9.92. The van der Waals surface area contributed by atoms with E-state index in [0.29, 0.717) is 17.9 Å². The number of nitrogens with one attached hydrogen (secondary N) is 2. The van der Waals surface area contributed by atoms with Crippen molar-refractivity contribution in [1.82, 2.24) is 29.5 Å². The fraction of sp³-hybridized carbons (Fsp3) is 0.667. The summed E-state index contributed by atoms with van der Waals surface area (Å²) < 4.78 is 2.87. The molecule has 0 aromatic carbocycles. The Morgan fingerprint density at radius 3 is 2.74 bits per heavy atom. The Morgan fingerprint density at radius 2 is 2.06 bits per heavy atom. The number of hydrogen-bond donors (Lipinski definition) is 2. The monoisotopic (exact) mass is 532 g/mol. The minimum absolute atomic E-state index is 0.221. The zero-order valence-corrected chi connectivity index (χ0v) is 22.5. The third-order valence-corrected chi connectivity index (χ3v) is 7.19. The van der Waals surface area contributed by atoms with Crippen molar-refractivity contribution in [3.63, 3.8) is 0 Å². The van der Waals surface area contributed by atoms with Crippen molar-refractivity contribution < 1.29 is 4.79 Å². The van der Waals surface area contributed by atoms with Crippen LogP contribution in [-0.2, 0) is 4.79 Å². The molecule has 0 radical (unpaired) electrons. The van der Waals surface area contributed by atoms with Crippen LogP contribution in [0.5, 0.6) is 0 Å². The molecule has 2 aliphatic rings. The quantitative estimate of drug-likeness (QED) is 0.445. The Bertz CT molecular complexity index is 1010. The van der Waals surface area contributed by atoms with Crippen LogP contribution in [-0.4, -0.2) is 74.7 Å². The Balaban J connectivity index is 1.29. The van der Waals surface area contributed by atoms with E-state index >= 15 is 0 Å². The van der Waals surface area contributed by atoms with Gasteiger partial charge in [0.2, 0.25) is 11.9 Å². The van der Waals surface area contributed by atoms with Crippen molar-refractivity contribution in [2.24, 2.45) is 11.3 Å². The van der Waals surface area contributed by atoms with Crippen LogP contribution >= 0.6 is 15.9 Å². The van der Waals surface area contributed by atoms with Gasteiger partial charge in [0.1, 0.15) is 5.82 Å². The van der Waals surface area contributed by atoms with Crippen LogP contribution in [0.2, 0.25) is 0 Å². The van der Waals surface area contributed by atoms with Gasteiger partial charge in [-0.1, -0.05) is 27.7 Å². The number of nitrogens with zero attached hydrogens (tertiary/aromatic N) is 6. The molecule has 0 unspecified atom stereocenters. The summed E-state index contributed by atoms with van der Waals surface area (Å²) in [5.74, 6) is 2.20. The number of carbonyl (C=O) groups excluding carboxylic acids is 1. The maximum Gasteiger partial charge on any atom is 0.229 e. The molecule has 4 rings (SSSR count). The lowest BCUT2D eigenvalue weighted by Crippen LogP contribution is -2.49. The van der Waals surface area contributed by atoms with E-state index in [1.165, 1.54) is 0 Å². The Morgan fingerprint density at radius 1 is 1.29 bits per heavy atom. The van der Waals surface area contributed by atoms with E-state index in [4.69, 9.17) is 5.10 Å². The smallest absolute Gasteiger partial charge is 0.229 e. The zero-order valence-electron chi connectivity index (χ0n) is 20.9. The highest BCUT2D eigenvalue weighted by molar-refractivity contribution is 9.10. The Hall–Kier alpha value is -2.20. The van der Waals surface area contributed by atoms with Gasteiger partial charge in [0.15, 0.2) is 0 Å². The number of amides is 1. The molecule has 2 aromatic rings. The van der Waals surface area contributed by atoms with Crippen LogP contribution in [0.1, 0.15) is 52.3 Å². The van der Waals surface area contributed by atoms with Crippen molar-refractivity contribution in [2.75, 3.05) is 49.9 Å². The number of aromatic nitrogens is 4. The number of aryl methyl sites for hydroxylation is 1. The van der Waals surface area contributed by atoms with Gasteiger partial charge in [0, 0.05) is 57.1 Å². The van der Waals surface area contributed by atoms with E-state index < -0.39 is 0 Å². The van der Waals surface area contributed by atoms with Crippen LogP contribution in [0.4, 0.5) is 17.5 Å². The molecule has 9 nitrogen and oxygen atoms in total. The summed E-state index contributed by atoms with van der Waals surface area (Å²) in [4.78, 5) is 25.9. The summed E-state index contributed by atoms with van der Waals surface area (Å²) in [6, 6.07) is 0.420. The SMILES string of the molecule is Cc1nn(C2CN(CC(C)C)C2)cc1Nc1ncc(Br)c(NCCCN2CCC(C)(C)C2=O)n1. The topological polar surface area (TPSA) is 91.2 Å². The predicted molar refractivity (Wildman–Crippen MR) is 138 cm³/mol. The molecule has 0 saturated carbocycles. The molecule has 2 aliphatic heterocycles. The molecule has 4 heterocycles. The lowest BCUT2D eigenvalue weighted by Gasteiger charge is -2.40. The lowest BCUT2D eigenvalue weighted by molar-refractivity contribution is -0.134. The van der Waals surface area contributed by atoms with Gasteiger partial charge < -0.3 is 15.5 Å². The molecule has 2 N–H and O–H groups in total. The number of hydrogen-bond acceptors (Lipinski definition) is 7. The van der Waals surface area contributed by atoms with E-state index in [1.807, 2.05) is 25.7 Å². The number of likely N-dealkylation sites (tertiary alicyclic amines) is 2. The van der Waals surface area contributed by atoms with Crippen LogP contribution in [0.3, 0.4) is 0 Å². The molecule has 34 heavy (non-hydrogen) atoms. The van der Waals surface area contributed by atoms with Gasteiger partial charge in [-0.25, -0.2) is 4.98 Å². The second-order valence-electron chi connectivity index (χ2n) is 10.6. The van der Waals surface area contributed by atoms with Crippen LogP contribution in [0.15, 0.2) is 16.9 Å². The predicted octanol–water partition coefficient (Wildman–Crippen LogP) is 4.06. The molecule has 1 amide bonds. The van der Waals surface area contributed by atoms with Gasteiger partial charge in [-0.05, 0) is 41.6 Å². The third kappa shape index (κ3) is 5.71. The number of anilines is 3. The Labute approximate surface area is 210 Å². The minimum atomic E-state index is -0.221. The normalized spacial score (nSPS) is 18.6. The molecular formula is C24H37BrN8O.